The van der Waals surface area contributed by atoms with Crippen LogP contribution in [0, 0.1) is 5.82 Å². The smallest absolute Gasteiger partial charge is 0.261 e. The van der Waals surface area contributed by atoms with Crippen LogP contribution in [0.5, 0.6) is 0 Å². The highest BCUT2D eigenvalue weighted by molar-refractivity contribution is 7.89. The molecule has 0 fully saturated rings. The number of nitrogens with two attached hydrogens (primary N) is 1. The average Bonchev–Trinajstić information content (AvgIpc) is 2.27. The topological polar surface area (TPSA) is 85.1 Å². The van der Waals surface area contributed by atoms with Crippen LogP contribution >= 0.6 is 12.2 Å². The second-order valence-corrected chi connectivity index (χ2v) is 5.84. The minimum Gasteiger partial charge on any atom is -0.393 e. The first-order valence-corrected chi connectivity index (χ1v) is 7.17. The molecule has 0 amide bonds. The normalized spacial score (nSPS) is 13.2. The van der Waals surface area contributed by atoms with Crippen molar-refractivity contribution in [2.24, 2.45) is 5.73 Å². The van der Waals surface area contributed by atoms with Crippen molar-refractivity contribution in [1.29, 1.82) is 0 Å². The van der Waals surface area contributed by atoms with Gasteiger partial charge in [0.05, 0.1) is 4.99 Å². The van der Waals surface area contributed by atoms with Crippen LogP contribution in [0.25, 0.3) is 0 Å². The molecule has 1 unspecified atom stereocenters. The van der Waals surface area contributed by atoms with Gasteiger partial charge in [-0.15, -0.1) is 0 Å². The first-order valence-electron chi connectivity index (χ1n) is 5.28. The highest BCUT2D eigenvalue weighted by Gasteiger charge is 2.23. The van der Waals surface area contributed by atoms with Crippen molar-refractivity contribution in [1.82, 2.24) is 9.71 Å². The summed E-state index contributed by atoms with van der Waals surface area (Å²) in [5.41, 5.74) is 5.36. The maximum absolute atomic E-state index is 13.4. The summed E-state index contributed by atoms with van der Waals surface area (Å²) in [4.78, 5) is 3.73. The fourth-order valence-corrected chi connectivity index (χ4v) is 2.88. The maximum atomic E-state index is 13.4. The summed E-state index contributed by atoms with van der Waals surface area (Å²) < 4.78 is 39.5. The molecule has 0 saturated carbocycles. The average molecular weight is 291 g/mol. The predicted octanol–water partition coefficient (Wildman–Crippen LogP) is 0.954. The number of aromatic nitrogens is 1. The zero-order valence-electron chi connectivity index (χ0n) is 9.76. The van der Waals surface area contributed by atoms with Gasteiger partial charge in [-0.3, -0.25) is 0 Å². The third-order valence-electron chi connectivity index (χ3n) is 2.24. The van der Waals surface area contributed by atoms with Gasteiger partial charge in [-0.2, -0.15) is 0 Å². The van der Waals surface area contributed by atoms with Gasteiger partial charge in [0, 0.05) is 18.7 Å². The Morgan fingerprint density at radius 1 is 1.67 bits per heavy atom. The SMILES string of the molecule is CCC(CC(N)=S)NS(=O)(=O)c1ncccc1F. The molecule has 1 aromatic heterocycles. The largest absolute Gasteiger partial charge is 0.393 e. The van der Waals surface area contributed by atoms with Crippen LogP contribution < -0.4 is 10.5 Å². The van der Waals surface area contributed by atoms with E-state index in [1.54, 1.807) is 6.92 Å². The molecule has 0 aliphatic carbocycles. The van der Waals surface area contributed by atoms with Crippen molar-refractivity contribution in [3.63, 3.8) is 0 Å². The summed E-state index contributed by atoms with van der Waals surface area (Å²) in [5.74, 6) is -0.893. The first kappa shape index (κ1) is 14.9. The fourth-order valence-electron chi connectivity index (χ4n) is 1.36. The molecule has 0 aliphatic heterocycles. The molecule has 0 bridgehead atoms. The van der Waals surface area contributed by atoms with Gasteiger partial charge in [0.2, 0.25) is 5.03 Å². The predicted molar refractivity (Wildman–Crippen MR) is 70.0 cm³/mol. The highest BCUT2D eigenvalue weighted by atomic mass is 32.2. The number of thiocarbonyl (C=S) groups is 1. The Kier molecular flexibility index (Phi) is 5.12. The summed E-state index contributed by atoms with van der Waals surface area (Å²) in [7, 11) is -4.00. The van der Waals surface area contributed by atoms with Gasteiger partial charge >= 0.3 is 0 Å². The van der Waals surface area contributed by atoms with Crippen LogP contribution in [0.1, 0.15) is 19.8 Å². The molecule has 5 nitrogen and oxygen atoms in total. The zero-order valence-corrected chi connectivity index (χ0v) is 11.4. The standard InChI is InChI=1S/C10H14FN3O2S2/c1-2-7(6-9(12)17)14-18(15,16)10-8(11)4-3-5-13-10/h3-5,7,14H,2,6H2,1H3,(H2,12,17). The molecule has 0 aromatic carbocycles. The van der Waals surface area contributed by atoms with E-state index in [2.05, 4.69) is 9.71 Å². The van der Waals surface area contributed by atoms with Crippen molar-refractivity contribution in [3.8, 4) is 0 Å². The molecule has 8 heteroatoms. The van der Waals surface area contributed by atoms with Crippen LogP contribution in [-0.4, -0.2) is 24.4 Å². The third-order valence-corrected chi connectivity index (χ3v) is 3.86. The number of halogens is 1. The first-order chi connectivity index (χ1) is 8.36. The molecule has 1 aromatic rings. The van der Waals surface area contributed by atoms with E-state index in [4.69, 9.17) is 18.0 Å². The second-order valence-electron chi connectivity index (χ2n) is 3.69. The van der Waals surface area contributed by atoms with E-state index in [1.165, 1.54) is 12.3 Å². The van der Waals surface area contributed by atoms with Crippen LogP contribution in [0.15, 0.2) is 23.4 Å². The van der Waals surface area contributed by atoms with E-state index in [0.717, 1.165) is 6.07 Å². The number of hydrogen-bond acceptors (Lipinski definition) is 4. The minimum absolute atomic E-state index is 0.200. The summed E-state index contributed by atoms with van der Waals surface area (Å²) in [5, 5.41) is -0.619. The Balaban J connectivity index is 2.94. The maximum Gasteiger partial charge on any atom is 0.261 e. The van der Waals surface area contributed by atoms with E-state index in [1.807, 2.05) is 0 Å². The molecule has 0 radical (unpaired) electrons. The quantitative estimate of drug-likeness (QED) is 0.762. The van der Waals surface area contributed by atoms with Gasteiger partial charge in [-0.05, 0) is 18.6 Å². The number of nitrogens with one attached hydrogen (secondary N) is 1. The molecular formula is C10H14FN3O2S2. The van der Waals surface area contributed by atoms with Gasteiger partial charge in [0.25, 0.3) is 10.0 Å². The fraction of sp³-hybridized carbons (Fsp3) is 0.400. The third kappa shape index (κ3) is 3.97. The molecule has 1 rings (SSSR count). The summed E-state index contributed by atoms with van der Waals surface area (Å²) in [6.45, 7) is 1.78. The van der Waals surface area contributed by atoms with Crippen LogP contribution in [0.4, 0.5) is 4.39 Å². The van der Waals surface area contributed by atoms with Gasteiger partial charge < -0.3 is 5.73 Å². The number of sulfonamides is 1. The Labute approximate surface area is 111 Å². The highest BCUT2D eigenvalue weighted by Crippen LogP contribution is 2.12. The van der Waals surface area contributed by atoms with Crippen molar-refractivity contribution >= 4 is 27.2 Å². The second kappa shape index (κ2) is 6.17. The number of nitrogens with zero attached hydrogens (tertiary/aromatic N) is 1. The minimum atomic E-state index is -4.00. The summed E-state index contributed by atoms with van der Waals surface area (Å²) in [6, 6.07) is 1.89. The molecular weight excluding hydrogens is 277 g/mol. The van der Waals surface area contributed by atoms with Gasteiger partial charge in [-0.1, -0.05) is 19.1 Å². The lowest BCUT2D eigenvalue weighted by Crippen LogP contribution is -2.37. The van der Waals surface area contributed by atoms with Crippen molar-refractivity contribution in [2.45, 2.75) is 30.8 Å². The molecule has 100 valence electrons. The Hall–Kier alpha value is -1.12. The van der Waals surface area contributed by atoms with Crippen molar-refractivity contribution in [3.05, 3.63) is 24.1 Å². The Morgan fingerprint density at radius 3 is 2.83 bits per heavy atom. The molecule has 0 spiro atoms. The molecule has 3 N–H and O–H groups in total. The molecule has 1 heterocycles. The van der Waals surface area contributed by atoms with Crippen LogP contribution in [-0.2, 0) is 10.0 Å². The van der Waals surface area contributed by atoms with E-state index in [0.29, 0.717) is 6.42 Å². The van der Waals surface area contributed by atoms with E-state index in [-0.39, 0.29) is 11.4 Å². The lowest BCUT2D eigenvalue weighted by molar-refractivity contribution is 0.524. The van der Waals surface area contributed by atoms with Crippen LogP contribution in [0.2, 0.25) is 0 Å². The summed E-state index contributed by atoms with van der Waals surface area (Å²) >= 11 is 4.72. The van der Waals surface area contributed by atoms with Gasteiger partial charge in [0.1, 0.15) is 0 Å². The lowest BCUT2D eigenvalue weighted by atomic mass is 10.2. The lowest BCUT2D eigenvalue weighted by Gasteiger charge is -2.16. The zero-order chi connectivity index (χ0) is 13.8. The van der Waals surface area contributed by atoms with Crippen molar-refractivity contribution in [2.75, 3.05) is 0 Å². The van der Waals surface area contributed by atoms with E-state index < -0.39 is 26.9 Å². The molecule has 0 saturated heterocycles. The van der Waals surface area contributed by atoms with Crippen LogP contribution in [0.3, 0.4) is 0 Å². The molecule has 1 atom stereocenters. The Bertz CT molecular complexity index is 534. The van der Waals surface area contributed by atoms with Gasteiger partial charge in [0.15, 0.2) is 5.82 Å². The molecule has 18 heavy (non-hydrogen) atoms. The van der Waals surface area contributed by atoms with Crippen molar-refractivity contribution < 1.29 is 12.8 Å². The molecule has 0 aliphatic rings. The van der Waals surface area contributed by atoms with Gasteiger partial charge in [-0.25, -0.2) is 22.5 Å². The van der Waals surface area contributed by atoms with E-state index in [9.17, 15) is 12.8 Å². The Morgan fingerprint density at radius 2 is 2.33 bits per heavy atom. The summed E-state index contributed by atoms with van der Waals surface area (Å²) in [6.07, 6.45) is 1.93. The number of hydrogen-bond donors (Lipinski definition) is 2. The number of pyridine rings is 1. The monoisotopic (exact) mass is 291 g/mol. The van der Waals surface area contributed by atoms with E-state index >= 15 is 0 Å². The number of rotatable bonds is 6.